The van der Waals surface area contributed by atoms with Crippen molar-refractivity contribution >= 4 is 0 Å². The van der Waals surface area contributed by atoms with Crippen LogP contribution in [-0.4, -0.2) is 29.3 Å². The molecule has 0 spiro atoms. The smallest absolute Gasteiger partial charge is 0.394 e. The highest BCUT2D eigenvalue weighted by Gasteiger charge is 2.35. The van der Waals surface area contributed by atoms with Crippen LogP contribution in [0, 0.1) is 5.92 Å². The van der Waals surface area contributed by atoms with Crippen LogP contribution in [0.1, 0.15) is 54.3 Å². The fourth-order valence-electron chi connectivity index (χ4n) is 4.23. The zero-order valence-electron chi connectivity index (χ0n) is 20.6. The van der Waals surface area contributed by atoms with Crippen LogP contribution in [0.25, 0.3) is 11.3 Å². The number of alkyl halides is 6. The minimum absolute atomic E-state index is 0.0880. The second-order valence-corrected chi connectivity index (χ2v) is 9.54. The number of hydrogen-bond acceptors (Lipinski definition) is 4. The van der Waals surface area contributed by atoms with Crippen molar-refractivity contribution in [2.24, 2.45) is 5.92 Å². The Bertz CT molecular complexity index is 1190. The maximum atomic E-state index is 13.7. The van der Waals surface area contributed by atoms with Gasteiger partial charge in [0.15, 0.2) is 0 Å². The molecule has 3 aromatic rings. The van der Waals surface area contributed by atoms with Crippen molar-refractivity contribution in [3.63, 3.8) is 0 Å². The number of rotatable bonds is 10. The second-order valence-electron chi connectivity index (χ2n) is 9.54. The average Bonchev–Trinajstić information content (AvgIpc) is 3.71. The van der Waals surface area contributed by atoms with Gasteiger partial charge in [0.2, 0.25) is 0 Å². The van der Waals surface area contributed by atoms with E-state index in [9.17, 15) is 31.4 Å². The standard InChI is InChI=1S/C28H28F6N2O2/c1-17(26(38-16-18-7-8-18)20-5-3-2-4-6-20)35-24(15-37)21-13-23(36-25(14-21)28(32,33)34)19-9-11-22(12-10-19)27(29,30)31/h2-6,9-14,17-18,24,26,35,37H,7-8,15-16H2,1H3/t17?,24-,26-/m1/s1. The molecule has 1 aromatic heterocycles. The van der Waals surface area contributed by atoms with Crippen molar-refractivity contribution in [2.45, 2.75) is 50.3 Å². The molecule has 4 rings (SSSR count). The van der Waals surface area contributed by atoms with Gasteiger partial charge in [-0.3, -0.25) is 0 Å². The van der Waals surface area contributed by atoms with Gasteiger partial charge >= 0.3 is 12.4 Å². The van der Waals surface area contributed by atoms with Gasteiger partial charge in [-0.1, -0.05) is 42.5 Å². The van der Waals surface area contributed by atoms with Gasteiger partial charge in [0, 0.05) is 11.6 Å². The largest absolute Gasteiger partial charge is 0.433 e. The molecule has 1 saturated carbocycles. The molecule has 0 aliphatic heterocycles. The summed E-state index contributed by atoms with van der Waals surface area (Å²) in [6, 6.07) is 14.0. The number of aromatic nitrogens is 1. The Morgan fingerprint density at radius 2 is 1.58 bits per heavy atom. The molecule has 1 aliphatic carbocycles. The summed E-state index contributed by atoms with van der Waals surface area (Å²) in [6.45, 7) is 1.86. The van der Waals surface area contributed by atoms with Crippen molar-refractivity contribution < 1.29 is 36.2 Å². The number of nitrogens with one attached hydrogen (secondary N) is 1. The SMILES string of the molecule is CC(N[C@H](CO)c1cc(-c2ccc(C(F)(F)F)cc2)nc(C(F)(F)F)c1)[C@@H](OCC1CC1)c1ccccc1. The molecule has 1 heterocycles. The van der Waals surface area contributed by atoms with Crippen LogP contribution in [0.5, 0.6) is 0 Å². The van der Waals surface area contributed by atoms with Gasteiger partial charge < -0.3 is 15.2 Å². The van der Waals surface area contributed by atoms with Crippen LogP contribution in [-0.2, 0) is 17.1 Å². The number of aliphatic hydroxyl groups is 1. The Kier molecular flexibility index (Phi) is 8.44. The van der Waals surface area contributed by atoms with E-state index in [1.807, 2.05) is 37.3 Å². The van der Waals surface area contributed by atoms with Crippen LogP contribution in [0.4, 0.5) is 26.3 Å². The van der Waals surface area contributed by atoms with E-state index in [4.69, 9.17) is 4.74 Å². The van der Waals surface area contributed by atoms with Gasteiger partial charge in [-0.2, -0.15) is 26.3 Å². The van der Waals surface area contributed by atoms with Crippen LogP contribution >= 0.6 is 0 Å². The van der Waals surface area contributed by atoms with Crippen molar-refractivity contribution in [1.29, 1.82) is 0 Å². The summed E-state index contributed by atoms with van der Waals surface area (Å²) in [5.74, 6) is 0.489. The van der Waals surface area contributed by atoms with Gasteiger partial charge in [0.25, 0.3) is 0 Å². The molecule has 0 bridgehead atoms. The Morgan fingerprint density at radius 1 is 0.921 bits per heavy atom. The van der Waals surface area contributed by atoms with Gasteiger partial charge in [0.05, 0.1) is 36.6 Å². The first kappa shape index (κ1) is 28.1. The van der Waals surface area contributed by atoms with Gasteiger partial charge in [-0.15, -0.1) is 0 Å². The predicted octanol–water partition coefficient (Wildman–Crippen LogP) is 6.97. The Morgan fingerprint density at radius 3 is 2.13 bits per heavy atom. The number of hydrogen-bond donors (Lipinski definition) is 2. The predicted molar refractivity (Wildman–Crippen MR) is 130 cm³/mol. The van der Waals surface area contributed by atoms with E-state index in [-0.39, 0.29) is 16.8 Å². The number of ether oxygens (including phenoxy) is 1. The molecular formula is C28H28F6N2O2. The average molecular weight is 539 g/mol. The van der Waals surface area contributed by atoms with Gasteiger partial charge in [-0.05, 0) is 61.1 Å². The normalized spacial score (nSPS) is 16.7. The molecule has 0 amide bonds. The topological polar surface area (TPSA) is 54.4 Å². The molecule has 2 aromatic carbocycles. The number of halogens is 6. The summed E-state index contributed by atoms with van der Waals surface area (Å²) in [7, 11) is 0. The quantitative estimate of drug-likeness (QED) is 0.274. The highest BCUT2D eigenvalue weighted by molar-refractivity contribution is 5.61. The maximum Gasteiger partial charge on any atom is 0.433 e. The Balaban J connectivity index is 1.64. The summed E-state index contributed by atoms with van der Waals surface area (Å²) < 4.78 is 86.2. The molecule has 0 radical (unpaired) electrons. The van der Waals surface area contributed by atoms with E-state index in [0.717, 1.165) is 48.7 Å². The fourth-order valence-corrected chi connectivity index (χ4v) is 4.23. The summed E-state index contributed by atoms with van der Waals surface area (Å²) in [6.07, 6.45) is -7.62. The second kappa shape index (κ2) is 11.4. The molecule has 1 fully saturated rings. The highest BCUT2D eigenvalue weighted by Crippen LogP contribution is 2.36. The summed E-state index contributed by atoms with van der Waals surface area (Å²) in [5, 5.41) is 13.4. The third-order valence-electron chi connectivity index (χ3n) is 6.49. The molecule has 1 aliphatic rings. The number of nitrogens with zero attached hydrogens (tertiary/aromatic N) is 1. The van der Waals surface area contributed by atoms with Crippen LogP contribution in [0.3, 0.4) is 0 Å². The van der Waals surface area contributed by atoms with E-state index < -0.39 is 48.4 Å². The van der Waals surface area contributed by atoms with Crippen LogP contribution in [0.15, 0.2) is 66.7 Å². The first-order valence-electron chi connectivity index (χ1n) is 12.3. The first-order chi connectivity index (χ1) is 18.0. The minimum atomic E-state index is -4.80. The molecule has 0 saturated heterocycles. The molecule has 10 heteroatoms. The lowest BCUT2D eigenvalue weighted by Gasteiger charge is -2.30. The lowest BCUT2D eigenvalue weighted by atomic mass is 9.99. The van der Waals surface area contributed by atoms with Crippen molar-refractivity contribution in [3.05, 3.63) is 89.1 Å². The van der Waals surface area contributed by atoms with E-state index in [2.05, 4.69) is 10.3 Å². The summed E-state index contributed by atoms with van der Waals surface area (Å²) >= 11 is 0. The zero-order chi connectivity index (χ0) is 27.5. The number of benzene rings is 2. The van der Waals surface area contributed by atoms with Gasteiger partial charge in [-0.25, -0.2) is 4.98 Å². The summed E-state index contributed by atoms with van der Waals surface area (Å²) in [4.78, 5) is 3.66. The molecule has 3 atom stereocenters. The maximum absolute atomic E-state index is 13.7. The van der Waals surface area contributed by atoms with E-state index in [0.29, 0.717) is 12.5 Å². The third kappa shape index (κ3) is 7.12. The van der Waals surface area contributed by atoms with Crippen LogP contribution < -0.4 is 5.32 Å². The number of aliphatic hydroxyl groups excluding tert-OH is 1. The lowest BCUT2D eigenvalue weighted by molar-refractivity contribution is -0.141. The van der Waals surface area contributed by atoms with E-state index in [1.54, 1.807) is 0 Å². The van der Waals surface area contributed by atoms with Crippen LogP contribution in [0.2, 0.25) is 0 Å². The molecule has 38 heavy (non-hydrogen) atoms. The molecule has 204 valence electrons. The summed E-state index contributed by atoms with van der Waals surface area (Å²) in [5.41, 5.74) is -1.20. The lowest BCUT2D eigenvalue weighted by Crippen LogP contribution is -2.38. The minimum Gasteiger partial charge on any atom is -0.394 e. The van der Waals surface area contributed by atoms with Crippen molar-refractivity contribution in [3.8, 4) is 11.3 Å². The zero-order valence-corrected chi connectivity index (χ0v) is 20.6. The van der Waals surface area contributed by atoms with Crippen molar-refractivity contribution in [2.75, 3.05) is 13.2 Å². The molecule has 1 unspecified atom stereocenters. The monoisotopic (exact) mass is 538 g/mol. The molecule has 4 nitrogen and oxygen atoms in total. The first-order valence-corrected chi connectivity index (χ1v) is 12.3. The third-order valence-corrected chi connectivity index (χ3v) is 6.49. The Labute approximate surface area is 216 Å². The fraction of sp³-hybridized carbons (Fsp3) is 0.393. The Hall–Kier alpha value is -2.95. The van der Waals surface area contributed by atoms with E-state index in [1.165, 1.54) is 6.07 Å². The molecule has 2 N–H and O–H groups in total. The molecular weight excluding hydrogens is 510 g/mol. The van der Waals surface area contributed by atoms with Gasteiger partial charge in [0.1, 0.15) is 5.69 Å². The van der Waals surface area contributed by atoms with E-state index >= 15 is 0 Å². The number of pyridine rings is 1. The highest BCUT2D eigenvalue weighted by atomic mass is 19.4. The van der Waals surface area contributed by atoms with Crippen molar-refractivity contribution in [1.82, 2.24) is 10.3 Å².